The number of nitrogens with zero attached hydrogens (tertiary/aromatic N) is 4. The van der Waals surface area contributed by atoms with Crippen molar-refractivity contribution in [3.8, 4) is 0 Å². The predicted molar refractivity (Wildman–Crippen MR) is 162 cm³/mol. The zero-order chi connectivity index (χ0) is 26.5. The van der Waals surface area contributed by atoms with E-state index in [-0.39, 0.29) is 0 Å². The molecule has 0 N–H and O–H groups in total. The molecular formula is C34H42N4. The summed E-state index contributed by atoms with van der Waals surface area (Å²) in [7, 11) is 0. The van der Waals surface area contributed by atoms with Crippen LogP contribution in [0.15, 0.2) is 36.4 Å². The molecule has 5 rings (SSSR count). The molecule has 0 amide bonds. The zero-order valence-electron chi connectivity index (χ0n) is 23.7. The summed E-state index contributed by atoms with van der Waals surface area (Å²) >= 11 is 0. The smallest absolute Gasteiger partial charge is 0.0917 e. The number of hydrogen-bond donors (Lipinski definition) is 0. The number of benzene rings is 3. The minimum atomic E-state index is 0.896. The number of unbranched alkanes of at least 4 members (excludes halogenated alkanes) is 4. The lowest BCUT2D eigenvalue weighted by Gasteiger charge is -2.12. The van der Waals surface area contributed by atoms with E-state index in [9.17, 15) is 0 Å². The van der Waals surface area contributed by atoms with E-state index >= 15 is 0 Å². The third-order valence-electron chi connectivity index (χ3n) is 7.83. The summed E-state index contributed by atoms with van der Waals surface area (Å²) in [6, 6.07) is 13.3. The summed E-state index contributed by atoms with van der Waals surface area (Å²) in [6.45, 7) is 9.03. The van der Waals surface area contributed by atoms with Crippen molar-refractivity contribution in [3.63, 3.8) is 0 Å². The van der Waals surface area contributed by atoms with Crippen molar-refractivity contribution in [2.45, 2.75) is 105 Å². The van der Waals surface area contributed by atoms with E-state index in [1.54, 1.807) is 0 Å². The summed E-state index contributed by atoms with van der Waals surface area (Å²) in [4.78, 5) is 20.3. The van der Waals surface area contributed by atoms with Gasteiger partial charge >= 0.3 is 0 Å². The Bertz CT molecular complexity index is 1340. The molecule has 3 aromatic carbocycles. The third kappa shape index (κ3) is 5.65. The van der Waals surface area contributed by atoms with E-state index in [0.717, 1.165) is 69.8 Å². The van der Waals surface area contributed by atoms with E-state index in [2.05, 4.69) is 64.1 Å². The molecule has 4 heteroatoms. The van der Waals surface area contributed by atoms with E-state index in [0.29, 0.717) is 0 Å². The molecule has 0 atom stereocenters. The van der Waals surface area contributed by atoms with Gasteiger partial charge in [-0.25, -0.2) is 19.9 Å². The molecule has 0 fully saturated rings. The fourth-order valence-corrected chi connectivity index (χ4v) is 5.52. The van der Waals surface area contributed by atoms with Crippen LogP contribution < -0.4 is 0 Å². The minimum absolute atomic E-state index is 0.896. The van der Waals surface area contributed by atoms with Crippen molar-refractivity contribution < 1.29 is 0 Å². The van der Waals surface area contributed by atoms with Gasteiger partial charge in [-0.05, 0) is 110 Å². The van der Waals surface area contributed by atoms with Crippen LogP contribution in [0.25, 0.3) is 44.1 Å². The first-order valence-corrected chi connectivity index (χ1v) is 15.0. The molecule has 0 aliphatic heterocycles. The number of fused-ring (bicyclic) bond motifs is 4. The molecular weight excluding hydrogens is 464 g/mol. The SMILES string of the molecule is CCCCc1cc2nc3cc4nc5cc(CCCC)c(CCCC)cc5nc4cc3nc2cc1CCCC. The summed E-state index contributed by atoms with van der Waals surface area (Å²) in [5.74, 6) is 0. The van der Waals surface area contributed by atoms with Gasteiger partial charge in [-0.2, -0.15) is 0 Å². The van der Waals surface area contributed by atoms with Crippen LogP contribution in [-0.4, -0.2) is 19.9 Å². The van der Waals surface area contributed by atoms with Crippen LogP contribution in [0, 0.1) is 0 Å². The molecule has 0 unspecified atom stereocenters. The Labute approximate surface area is 227 Å². The van der Waals surface area contributed by atoms with Crippen LogP contribution in [-0.2, 0) is 25.7 Å². The van der Waals surface area contributed by atoms with Crippen molar-refractivity contribution in [1.29, 1.82) is 0 Å². The molecule has 0 aliphatic rings. The van der Waals surface area contributed by atoms with Crippen LogP contribution in [0.4, 0.5) is 0 Å². The van der Waals surface area contributed by atoms with Gasteiger partial charge in [-0.15, -0.1) is 0 Å². The van der Waals surface area contributed by atoms with Gasteiger partial charge in [0.05, 0.1) is 44.1 Å². The molecule has 0 aliphatic carbocycles. The first kappa shape index (κ1) is 26.5. The topological polar surface area (TPSA) is 51.6 Å². The zero-order valence-corrected chi connectivity index (χ0v) is 23.7. The largest absolute Gasteiger partial charge is 0.244 e. The van der Waals surface area contributed by atoms with E-state index in [1.807, 2.05) is 0 Å². The van der Waals surface area contributed by atoms with Crippen LogP contribution in [0.2, 0.25) is 0 Å². The van der Waals surface area contributed by atoms with Crippen molar-refractivity contribution in [2.75, 3.05) is 0 Å². The molecule has 2 heterocycles. The Kier molecular flexibility index (Phi) is 8.46. The van der Waals surface area contributed by atoms with Gasteiger partial charge in [0.2, 0.25) is 0 Å². The standard InChI is InChI=1S/C34H42N4/c1-5-9-13-23-17-27-28(18-24(23)14-10-6-2)36-32-22-34-33(21-31(32)35-27)37-29-19-25(15-11-7-3)26(16-12-8-4)20-30(29)38-34/h17-22H,5-16H2,1-4H3. The molecule has 4 nitrogen and oxygen atoms in total. The van der Waals surface area contributed by atoms with E-state index in [1.165, 1.54) is 73.6 Å². The number of aryl methyl sites for hydroxylation is 4. The number of hydrogen-bond acceptors (Lipinski definition) is 4. The van der Waals surface area contributed by atoms with Crippen LogP contribution in [0.1, 0.15) is 101 Å². The molecule has 38 heavy (non-hydrogen) atoms. The second-order valence-corrected chi connectivity index (χ2v) is 10.9. The maximum absolute atomic E-state index is 5.07. The highest BCUT2D eigenvalue weighted by Crippen LogP contribution is 2.28. The van der Waals surface area contributed by atoms with Gasteiger partial charge < -0.3 is 0 Å². The van der Waals surface area contributed by atoms with Gasteiger partial charge in [0.15, 0.2) is 0 Å². The van der Waals surface area contributed by atoms with Gasteiger partial charge in [-0.3, -0.25) is 0 Å². The second kappa shape index (κ2) is 12.1. The van der Waals surface area contributed by atoms with Crippen LogP contribution in [0.3, 0.4) is 0 Å². The minimum Gasteiger partial charge on any atom is -0.244 e. The highest BCUT2D eigenvalue weighted by Gasteiger charge is 2.13. The average molecular weight is 507 g/mol. The Balaban J connectivity index is 1.62. The molecule has 2 aromatic heterocycles. The van der Waals surface area contributed by atoms with Crippen molar-refractivity contribution >= 4 is 44.1 Å². The normalized spacial score (nSPS) is 11.9. The number of rotatable bonds is 12. The Morgan fingerprint density at radius 1 is 0.342 bits per heavy atom. The molecule has 0 bridgehead atoms. The monoisotopic (exact) mass is 506 g/mol. The second-order valence-electron chi connectivity index (χ2n) is 10.9. The summed E-state index contributed by atoms with van der Waals surface area (Å²) in [5, 5.41) is 0. The lowest BCUT2D eigenvalue weighted by Crippen LogP contribution is -1.99. The highest BCUT2D eigenvalue weighted by molar-refractivity contribution is 5.97. The highest BCUT2D eigenvalue weighted by atomic mass is 14.8. The van der Waals surface area contributed by atoms with Gasteiger partial charge in [-0.1, -0.05) is 53.4 Å². The summed E-state index contributed by atoms with van der Waals surface area (Å²) in [5.41, 5.74) is 13.3. The fraction of sp³-hybridized carbons (Fsp3) is 0.471. The maximum Gasteiger partial charge on any atom is 0.0917 e. The maximum atomic E-state index is 5.07. The van der Waals surface area contributed by atoms with E-state index < -0.39 is 0 Å². The predicted octanol–water partition coefficient (Wildman–Crippen LogP) is 9.25. The van der Waals surface area contributed by atoms with Gasteiger partial charge in [0.25, 0.3) is 0 Å². The first-order valence-electron chi connectivity index (χ1n) is 15.0. The fourth-order valence-electron chi connectivity index (χ4n) is 5.52. The molecule has 0 spiro atoms. The van der Waals surface area contributed by atoms with Crippen LogP contribution >= 0.6 is 0 Å². The average Bonchev–Trinajstić information content (AvgIpc) is 2.93. The molecule has 5 aromatic rings. The van der Waals surface area contributed by atoms with Crippen LogP contribution in [0.5, 0.6) is 0 Å². The Hall–Kier alpha value is -3.14. The van der Waals surface area contributed by atoms with Crippen molar-refractivity contribution in [1.82, 2.24) is 19.9 Å². The quantitative estimate of drug-likeness (QED) is 0.158. The molecule has 0 saturated heterocycles. The van der Waals surface area contributed by atoms with Crippen molar-refractivity contribution in [3.05, 3.63) is 58.7 Å². The molecule has 198 valence electrons. The lowest BCUT2D eigenvalue weighted by atomic mass is 9.96. The van der Waals surface area contributed by atoms with Crippen molar-refractivity contribution in [2.24, 2.45) is 0 Å². The van der Waals surface area contributed by atoms with E-state index in [4.69, 9.17) is 19.9 Å². The lowest BCUT2D eigenvalue weighted by molar-refractivity contribution is 0.759. The molecule has 0 saturated carbocycles. The third-order valence-corrected chi connectivity index (χ3v) is 7.83. The Morgan fingerprint density at radius 3 is 0.763 bits per heavy atom. The van der Waals surface area contributed by atoms with Gasteiger partial charge in [0, 0.05) is 0 Å². The Morgan fingerprint density at radius 2 is 0.553 bits per heavy atom. The molecule has 0 radical (unpaired) electrons. The number of aromatic nitrogens is 4. The summed E-state index contributed by atoms with van der Waals surface area (Å²) in [6.07, 6.45) is 14.1. The first-order chi connectivity index (χ1) is 18.6. The summed E-state index contributed by atoms with van der Waals surface area (Å²) < 4.78 is 0. The van der Waals surface area contributed by atoms with Gasteiger partial charge in [0.1, 0.15) is 0 Å².